The first-order valence-electron chi connectivity index (χ1n) is 2.13. The van der Waals surface area contributed by atoms with Crippen molar-refractivity contribution >= 4 is 11.9 Å². The number of rotatable bonds is 0. The molecule has 1 fully saturated rings. The third-order valence-corrected chi connectivity index (χ3v) is 0.847. The van der Waals surface area contributed by atoms with E-state index in [1.165, 1.54) is 0 Å². The summed E-state index contributed by atoms with van der Waals surface area (Å²) < 4.78 is 3.95. The van der Waals surface area contributed by atoms with Crippen LogP contribution in [0.4, 0.5) is 0 Å². The van der Waals surface area contributed by atoms with Crippen molar-refractivity contribution in [2.75, 3.05) is 0 Å². The number of carbonyl (C=O) groups is 2. The van der Waals surface area contributed by atoms with Crippen molar-refractivity contribution in [3.8, 4) is 0 Å². The molecule has 1 rings (SSSR count). The number of esters is 2. The largest absolute Gasteiger partial charge is 1.00 e. The molecular weight excluding hydrogens is 135 g/mol. The van der Waals surface area contributed by atoms with Gasteiger partial charge in [0, 0.05) is 0 Å². The van der Waals surface area contributed by atoms with Gasteiger partial charge in [0.25, 0.3) is 0 Å². The van der Waals surface area contributed by atoms with Gasteiger partial charge in [-0.05, 0) is 0 Å². The first kappa shape index (κ1) is 9.10. The molecule has 46 valence electrons. The molecule has 0 aromatic rings. The van der Waals surface area contributed by atoms with Crippen molar-refractivity contribution < 1.29 is 50.4 Å². The van der Waals surface area contributed by atoms with E-state index in [0.29, 0.717) is 0 Å². The van der Waals surface area contributed by atoms with E-state index in [2.05, 4.69) is 4.74 Å². The van der Waals surface area contributed by atoms with Gasteiger partial charge in [0.2, 0.25) is 0 Å². The number of aliphatic hydroxyl groups excluding tert-OH is 1. The minimum atomic E-state index is -1.22. The molecular formula is C4H5NaO4. The summed E-state index contributed by atoms with van der Waals surface area (Å²) in [6.07, 6.45) is -1.42. The summed E-state index contributed by atoms with van der Waals surface area (Å²) in [5.74, 6) is -1.49. The number of hydrogen-bond donors (Lipinski definition) is 1. The second-order valence-corrected chi connectivity index (χ2v) is 1.51. The third-order valence-electron chi connectivity index (χ3n) is 0.847. The van der Waals surface area contributed by atoms with Crippen LogP contribution in [-0.4, -0.2) is 23.1 Å². The average Bonchev–Trinajstić information content (AvgIpc) is 1.85. The zero-order valence-electron chi connectivity index (χ0n) is 5.96. The molecule has 1 atom stereocenters. The van der Waals surface area contributed by atoms with Crippen molar-refractivity contribution in [3.63, 3.8) is 0 Å². The number of aliphatic hydroxyl groups is 1. The van der Waals surface area contributed by atoms with Gasteiger partial charge in [-0.1, -0.05) is 0 Å². The number of ether oxygens (including phenoxy) is 1. The molecule has 0 radical (unpaired) electrons. The van der Waals surface area contributed by atoms with Gasteiger partial charge in [-0.15, -0.1) is 0 Å². The summed E-state index contributed by atoms with van der Waals surface area (Å²) in [5, 5.41) is 8.47. The Bertz CT molecular complexity index is 148. The molecule has 0 aromatic heterocycles. The minimum Gasteiger partial charge on any atom is -1.00 e. The van der Waals surface area contributed by atoms with Crippen molar-refractivity contribution in [3.05, 3.63) is 0 Å². The van der Waals surface area contributed by atoms with Gasteiger partial charge in [-0.2, -0.15) is 0 Å². The molecule has 1 saturated heterocycles. The van der Waals surface area contributed by atoms with Gasteiger partial charge < -0.3 is 11.3 Å². The molecule has 1 aliphatic rings. The number of hydrogen-bond acceptors (Lipinski definition) is 4. The van der Waals surface area contributed by atoms with Crippen molar-refractivity contribution in [2.45, 2.75) is 12.5 Å². The molecule has 0 aliphatic carbocycles. The van der Waals surface area contributed by atoms with Crippen molar-refractivity contribution in [2.24, 2.45) is 0 Å². The van der Waals surface area contributed by atoms with Gasteiger partial charge in [0.05, 0.1) is 6.42 Å². The maximum atomic E-state index is 10.1. The van der Waals surface area contributed by atoms with E-state index in [1.807, 2.05) is 0 Å². The molecule has 9 heavy (non-hydrogen) atoms. The molecule has 1 aliphatic heterocycles. The maximum absolute atomic E-state index is 10.1. The Labute approximate surface area is 75.0 Å². The average molecular weight is 140 g/mol. The second kappa shape index (κ2) is 3.31. The minimum absolute atomic E-state index is 0. The Morgan fingerprint density at radius 1 is 1.67 bits per heavy atom. The first-order chi connectivity index (χ1) is 3.70. The smallest absolute Gasteiger partial charge is 1.00 e. The number of cyclic esters (lactones) is 2. The van der Waals surface area contributed by atoms with E-state index in [9.17, 15) is 9.59 Å². The maximum Gasteiger partial charge on any atom is 1.00 e. The summed E-state index contributed by atoms with van der Waals surface area (Å²) in [5.41, 5.74) is 0. The quantitative estimate of drug-likeness (QED) is 0.211. The molecule has 1 heterocycles. The van der Waals surface area contributed by atoms with Crippen molar-refractivity contribution in [1.82, 2.24) is 0 Å². The summed E-state index contributed by atoms with van der Waals surface area (Å²) in [4.78, 5) is 20.2. The predicted molar refractivity (Wildman–Crippen MR) is 22.8 cm³/mol. The monoisotopic (exact) mass is 140 g/mol. The van der Waals surface area contributed by atoms with Gasteiger partial charge >= 0.3 is 41.5 Å². The van der Waals surface area contributed by atoms with Crippen LogP contribution >= 0.6 is 0 Å². The van der Waals surface area contributed by atoms with E-state index in [0.717, 1.165) is 0 Å². The molecule has 1 unspecified atom stereocenters. The van der Waals surface area contributed by atoms with Gasteiger partial charge in [-0.3, -0.25) is 4.79 Å². The fourth-order valence-electron chi connectivity index (χ4n) is 0.463. The van der Waals surface area contributed by atoms with Crippen LogP contribution in [-0.2, 0) is 14.3 Å². The molecule has 0 aromatic carbocycles. The topological polar surface area (TPSA) is 63.6 Å². The Kier molecular flexibility index (Phi) is 3.35. The van der Waals surface area contributed by atoms with E-state index in [-0.39, 0.29) is 37.4 Å². The van der Waals surface area contributed by atoms with Crippen LogP contribution in [0, 0.1) is 0 Å². The zero-order chi connectivity index (χ0) is 6.15. The summed E-state index contributed by atoms with van der Waals surface area (Å²) >= 11 is 0. The van der Waals surface area contributed by atoms with E-state index >= 15 is 0 Å². The standard InChI is InChI=1S/C4H4O4.Na.H/c5-2-1-3(6)8-4(2)7;;/h2,5H,1H2;;/q;+1;-1. The van der Waals surface area contributed by atoms with Crippen LogP contribution in [0.2, 0.25) is 0 Å². The predicted octanol–water partition coefficient (Wildman–Crippen LogP) is -4.06. The molecule has 0 bridgehead atoms. The zero-order valence-corrected chi connectivity index (χ0v) is 6.96. The fourth-order valence-corrected chi connectivity index (χ4v) is 0.463. The fraction of sp³-hybridized carbons (Fsp3) is 0.500. The Balaban J connectivity index is 0. The molecule has 5 heteroatoms. The SMILES string of the molecule is O=C1CC(O)C(=O)O1.[H-].[Na+]. The Hall–Kier alpha value is 0.100. The molecule has 1 N–H and O–H groups in total. The van der Waals surface area contributed by atoms with Crippen LogP contribution < -0.4 is 29.6 Å². The van der Waals surface area contributed by atoms with Crippen LogP contribution in [0.3, 0.4) is 0 Å². The number of carbonyl (C=O) groups excluding carboxylic acids is 2. The molecule has 0 amide bonds. The Morgan fingerprint density at radius 2 is 2.22 bits per heavy atom. The summed E-state index contributed by atoms with van der Waals surface area (Å²) in [6, 6.07) is 0. The van der Waals surface area contributed by atoms with Crippen LogP contribution in [0.25, 0.3) is 0 Å². The van der Waals surface area contributed by atoms with Crippen molar-refractivity contribution in [1.29, 1.82) is 0 Å². The molecule has 0 spiro atoms. The molecule has 4 nitrogen and oxygen atoms in total. The normalized spacial score (nSPS) is 25.2. The summed E-state index contributed by atoms with van der Waals surface area (Å²) in [6.45, 7) is 0. The molecule has 0 saturated carbocycles. The summed E-state index contributed by atoms with van der Waals surface area (Å²) in [7, 11) is 0. The van der Waals surface area contributed by atoms with Gasteiger partial charge in [-0.25, -0.2) is 4.79 Å². The van der Waals surface area contributed by atoms with Gasteiger partial charge in [0.15, 0.2) is 6.10 Å². The van der Waals surface area contributed by atoms with E-state index in [1.54, 1.807) is 0 Å². The van der Waals surface area contributed by atoms with Crippen LogP contribution in [0.15, 0.2) is 0 Å². The second-order valence-electron chi connectivity index (χ2n) is 1.51. The van der Waals surface area contributed by atoms with E-state index < -0.39 is 18.0 Å². The van der Waals surface area contributed by atoms with Gasteiger partial charge in [0.1, 0.15) is 0 Å². The Morgan fingerprint density at radius 3 is 2.33 bits per heavy atom. The van der Waals surface area contributed by atoms with E-state index in [4.69, 9.17) is 5.11 Å². The third kappa shape index (κ3) is 2.06. The van der Waals surface area contributed by atoms with Crippen LogP contribution in [0.1, 0.15) is 7.85 Å². The first-order valence-corrected chi connectivity index (χ1v) is 2.13. The van der Waals surface area contributed by atoms with Crippen LogP contribution in [0.5, 0.6) is 0 Å².